The Morgan fingerprint density at radius 2 is 1.86 bits per heavy atom. The molecule has 0 saturated carbocycles. The van der Waals surface area contributed by atoms with E-state index in [1.807, 2.05) is 40.0 Å². The normalized spacial score (nSPS) is 11.0. The molecular formula is C16H22ClN3O. The molecule has 0 saturated heterocycles. The Bertz CT molecular complexity index is 626. The molecule has 4 nitrogen and oxygen atoms in total. The molecule has 0 atom stereocenters. The van der Waals surface area contributed by atoms with E-state index in [1.54, 1.807) is 4.68 Å². The molecule has 1 aromatic carbocycles. The van der Waals surface area contributed by atoms with E-state index in [4.69, 9.17) is 16.3 Å². The lowest BCUT2D eigenvalue weighted by atomic mass is 10.1. The van der Waals surface area contributed by atoms with Crippen LogP contribution in [0.4, 0.5) is 0 Å². The summed E-state index contributed by atoms with van der Waals surface area (Å²) in [6, 6.07) is 3.91. The van der Waals surface area contributed by atoms with Crippen molar-refractivity contribution in [3.05, 3.63) is 39.5 Å². The minimum Gasteiger partial charge on any atom is -0.439 e. The zero-order valence-corrected chi connectivity index (χ0v) is 14.0. The molecule has 2 aromatic rings. The number of ether oxygens (including phenoxy) is 1. The molecule has 0 fully saturated rings. The summed E-state index contributed by atoms with van der Waals surface area (Å²) in [7, 11) is 1.90. The van der Waals surface area contributed by atoms with Gasteiger partial charge in [0.2, 0.25) is 5.88 Å². The second-order valence-electron chi connectivity index (χ2n) is 5.25. The smallest absolute Gasteiger partial charge is 0.222 e. The molecule has 0 aliphatic heterocycles. The van der Waals surface area contributed by atoms with Crippen LogP contribution in [0.1, 0.15) is 29.3 Å². The number of hydrogen-bond donors (Lipinski definition) is 1. The van der Waals surface area contributed by atoms with E-state index >= 15 is 0 Å². The lowest BCUT2D eigenvalue weighted by Gasteiger charge is -2.12. The summed E-state index contributed by atoms with van der Waals surface area (Å²) in [5, 5.41) is 8.56. The zero-order valence-electron chi connectivity index (χ0n) is 13.2. The number of benzene rings is 1. The van der Waals surface area contributed by atoms with Crippen molar-refractivity contribution < 1.29 is 4.74 Å². The summed E-state index contributed by atoms with van der Waals surface area (Å²) >= 11 is 6.20. The van der Waals surface area contributed by atoms with Crippen LogP contribution in [0.2, 0.25) is 5.02 Å². The summed E-state index contributed by atoms with van der Waals surface area (Å²) < 4.78 is 7.86. The fourth-order valence-corrected chi connectivity index (χ4v) is 2.45. The molecule has 1 aromatic heterocycles. The van der Waals surface area contributed by atoms with Gasteiger partial charge in [0.1, 0.15) is 5.75 Å². The zero-order chi connectivity index (χ0) is 15.6. The standard InChI is InChI=1S/C16H22ClN3O/c1-6-18-9-14-12(4)19-20(5)16(14)21-13-7-10(2)15(17)11(3)8-13/h7-8,18H,6,9H2,1-5H3. The molecule has 0 spiro atoms. The number of aryl methyl sites for hydroxylation is 4. The first-order valence-electron chi connectivity index (χ1n) is 7.11. The lowest BCUT2D eigenvalue weighted by Crippen LogP contribution is -2.12. The maximum absolute atomic E-state index is 6.20. The van der Waals surface area contributed by atoms with Crippen LogP contribution >= 0.6 is 11.6 Å². The number of aromatic nitrogens is 2. The van der Waals surface area contributed by atoms with E-state index in [0.29, 0.717) is 0 Å². The van der Waals surface area contributed by atoms with Crippen molar-refractivity contribution in [1.29, 1.82) is 0 Å². The number of nitrogens with one attached hydrogen (secondary N) is 1. The quantitative estimate of drug-likeness (QED) is 0.910. The molecule has 0 amide bonds. The van der Waals surface area contributed by atoms with Gasteiger partial charge in [-0.2, -0.15) is 5.10 Å². The molecule has 0 aliphatic carbocycles. The van der Waals surface area contributed by atoms with Crippen LogP contribution < -0.4 is 10.1 Å². The van der Waals surface area contributed by atoms with Crippen LogP contribution in [0, 0.1) is 20.8 Å². The maximum Gasteiger partial charge on any atom is 0.222 e. The van der Waals surface area contributed by atoms with Crippen LogP contribution in [0.5, 0.6) is 11.6 Å². The van der Waals surface area contributed by atoms with E-state index in [0.717, 1.165) is 52.1 Å². The van der Waals surface area contributed by atoms with E-state index in [9.17, 15) is 0 Å². The van der Waals surface area contributed by atoms with E-state index in [-0.39, 0.29) is 0 Å². The van der Waals surface area contributed by atoms with Gasteiger partial charge in [-0.3, -0.25) is 0 Å². The molecule has 1 N–H and O–H groups in total. The maximum atomic E-state index is 6.20. The summed E-state index contributed by atoms with van der Waals surface area (Å²) in [4.78, 5) is 0. The highest BCUT2D eigenvalue weighted by Crippen LogP contribution is 2.31. The fourth-order valence-electron chi connectivity index (χ4n) is 2.34. The summed E-state index contributed by atoms with van der Waals surface area (Å²) in [5.74, 6) is 1.56. The number of nitrogens with zero attached hydrogens (tertiary/aromatic N) is 2. The third-order valence-electron chi connectivity index (χ3n) is 3.47. The Hall–Kier alpha value is -1.52. The average Bonchev–Trinajstić information content (AvgIpc) is 2.68. The largest absolute Gasteiger partial charge is 0.439 e. The first kappa shape index (κ1) is 15.9. The highest BCUT2D eigenvalue weighted by molar-refractivity contribution is 6.32. The summed E-state index contributed by atoms with van der Waals surface area (Å²) in [5.41, 5.74) is 4.10. The van der Waals surface area contributed by atoms with Gasteiger partial charge in [0.25, 0.3) is 0 Å². The third kappa shape index (κ3) is 3.39. The first-order chi connectivity index (χ1) is 9.93. The number of rotatable bonds is 5. The second-order valence-corrected chi connectivity index (χ2v) is 5.62. The Balaban J connectivity index is 2.35. The van der Waals surface area contributed by atoms with Crippen LogP contribution in [0.25, 0.3) is 0 Å². The Morgan fingerprint density at radius 3 is 2.43 bits per heavy atom. The number of halogens is 1. The minimum atomic E-state index is 0.747. The molecule has 2 rings (SSSR count). The monoisotopic (exact) mass is 307 g/mol. The van der Waals surface area contributed by atoms with Crippen molar-refractivity contribution in [1.82, 2.24) is 15.1 Å². The molecule has 5 heteroatoms. The predicted molar refractivity (Wildman–Crippen MR) is 86.3 cm³/mol. The van der Waals surface area contributed by atoms with Crippen molar-refractivity contribution in [3.8, 4) is 11.6 Å². The van der Waals surface area contributed by atoms with Gasteiger partial charge in [0, 0.05) is 18.6 Å². The van der Waals surface area contributed by atoms with Crippen molar-refractivity contribution in [2.24, 2.45) is 7.05 Å². The molecule has 114 valence electrons. The van der Waals surface area contributed by atoms with Crippen LogP contribution in [0.3, 0.4) is 0 Å². The SMILES string of the molecule is CCNCc1c(C)nn(C)c1Oc1cc(C)c(Cl)c(C)c1. The van der Waals surface area contributed by atoms with Crippen molar-refractivity contribution in [2.45, 2.75) is 34.2 Å². The van der Waals surface area contributed by atoms with Crippen LogP contribution in [0.15, 0.2) is 12.1 Å². The van der Waals surface area contributed by atoms with Crippen LogP contribution in [-0.4, -0.2) is 16.3 Å². The van der Waals surface area contributed by atoms with E-state index in [1.165, 1.54) is 0 Å². The van der Waals surface area contributed by atoms with Gasteiger partial charge in [-0.05, 0) is 50.6 Å². The lowest BCUT2D eigenvalue weighted by molar-refractivity contribution is 0.423. The van der Waals surface area contributed by atoms with E-state index in [2.05, 4.69) is 17.3 Å². The molecule has 1 heterocycles. The molecule has 0 unspecified atom stereocenters. The predicted octanol–water partition coefficient (Wildman–Crippen LogP) is 3.90. The molecule has 0 bridgehead atoms. The van der Waals surface area contributed by atoms with Gasteiger partial charge in [-0.25, -0.2) is 4.68 Å². The Morgan fingerprint density at radius 1 is 1.24 bits per heavy atom. The fraction of sp³-hybridized carbons (Fsp3) is 0.438. The minimum absolute atomic E-state index is 0.747. The van der Waals surface area contributed by atoms with Crippen LogP contribution in [-0.2, 0) is 13.6 Å². The molecule has 0 radical (unpaired) electrons. The topological polar surface area (TPSA) is 39.1 Å². The second kappa shape index (κ2) is 6.50. The third-order valence-corrected chi connectivity index (χ3v) is 4.06. The molecule has 21 heavy (non-hydrogen) atoms. The van der Waals surface area contributed by atoms with Crippen molar-refractivity contribution >= 4 is 11.6 Å². The Kier molecular flexibility index (Phi) is 4.91. The van der Waals surface area contributed by atoms with Crippen molar-refractivity contribution in [3.63, 3.8) is 0 Å². The van der Waals surface area contributed by atoms with E-state index < -0.39 is 0 Å². The Labute approximate surface area is 131 Å². The number of hydrogen-bond acceptors (Lipinski definition) is 3. The molecule has 0 aliphatic rings. The van der Waals surface area contributed by atoms with Gasteiger partial charge in [-0.15, -0.1) is 0 Å². The molecular weight excluding hydrogens is 286 g/mol. The van der Waals surface area contributed by atoms with Gasteiger partial charge in [-0.1, -0.05) is 18.5 Å². The van der Waals surface area contributed by atoms with Gasteiger partial charge < -0.3 is 10.1 Å². The van der Waals surface area contributed by atoms with Gasteiger partial charge in [0.15, 0.2) is 0 Å². The highest BCUT2D eigenvalue weighted by Gasteiger charge is 2.15. The first-order valence-corrected chi connectivity index (χ1v) is 7.49. The van der Waals surface area contributed by atoms with Gasteiger partial charge in [0.05, 0.1) is 11.3 Å². The van der Waals surface area contributed by atoms with Gasteiger partial charge >= 0.3 is 0 Å². The summed E-state index contributed by atoms with van der Waals surface area (Å²) in [6.07, 6.45) is 0. The average molecular weight is 308 g/mol. The summed E-state index contributed by atoms with van der Waals surface area (Å²) in [6.45, 7) is 9.70. The van der Waals surface area contributed by atoms with Crippen molar-refractivity contribution in [2.75, 3.05) is 6.54 Å². The highest BCUT2D eigenvalue weighted by atomic mass is 35.5.